The van der Waals surface area contributed by atoms with Crippen LogP contribution in [0.1, 0.15) is 5.56 Å². The third-order valence-electron chi connectivity index (χ3n) is 4.81. The number of rotatable bonds is 4. The van der Waals surface area contributed by atoms with Crippen molar-refractivity contribution in [1.29, 1.82) is 0 Å². The zero-order valence-electron chi connectivity index (χ0n) is 16.1. The highest BCUT2D eigenvalue weighted by molar-refractivity contribution is 7.91. The molecule has 0 amide bonds. The molecule has 5 aromatic rings. The number of thiophene rings is 2. The van der Waals surface area contributed by atoms with E-state index in [2.05, 4.69) is 15.3 Å². The standard InChI is InChI=1S/C19H12F3N5O2S3/c1-26(14-3-2-9-30-14)16-15-13(8-10-31-15)27-17(23-16)18(24-25-27)32(28,29)12-6-4-11(5-7-12)19(20,21)22/h2-10H,1H3. The van der Waals surface area contributed by atoms with Gasteiger partial charge in [0, 0.05) is 7.05 Å². The average molecular weight is 496 g/mol. The number of anilines is 2. The van der Waals surface area contributed by atoms with E-state index in [0.29, 0.717) is 11.3 Å². The lowest BCUT2D eigenvalue weighted by molar-refractivity contribution is -0.137. The summed E-state index contributed by atoms with van der Waals surface area (Å²) in [5.74, 6) is 0.524. The first-order chi connectivity index (χ1) is 15.2. The van der Waals surface area contributed by atoms with Crippen molar-refractivity contribution in [2.24, 2.45) is 0 Å². The normalized spacial score (nSPS) is 12.6. The van der Waals surface area contributed by atoms with Crippen molar-refractivity contribution in [3.05, 3.63) is 58.8 Å². The summed E-state index contributed by atoms with van der Waals surface area (Å²) in [7, 11) is -2.45. The second-order valence-corrected chi connectivity index (χ2v) is 10.4. The second kappa shape index (κ2) is 7.25. The van der Waals surface area contributed by atoms with Gasteiger partial charge in [-0.05, 0) is 53.2 Å². The molecule has 164 valence electrons. The Morgan fingerprint density at radius 2 is 1.78 bits per heavy atom. The first kappa shape index (κ1) is 20.8. The number of hydrogen-bond donors (Lipinski definition) is 0. The molecule has 4 heterocycles. The van der Waals surface area contributed by atoms with Crippen LogP contribution in [0.4, 0.5) is 24.0 Å². The van der Waals surface area contributed by atoms with E-state index in [1.54, 1.807) is 6.07 Å². The number of alkyl halides is 3. The van der Waals surface area contributed by atoms with Gasteiger partial charge in [0.15, 0.2) is 11.5 Å². The van der Waals surface area contributed by atoms with Gasteiger partial charge < -0.3 is 4.90 Å². The molecular weight excluding hydrogens is 483 g/mol. The molecule has 13 heteroatoms. The van der Waals surface area contributed by atoms with E-state index in [1.807, 2.05) is 34.8 Å². The number of fused-ring (bicyclic) bond motifs is 3. The molecule has 0 aliphatic rings. The second-order valence-electron chi connectivity index (χ2n) is 6.74. The molecule has 0 fully saturated rings. The molecule has 0 radical (unpaired) electrons. The van der Waals surface area contributed by atoms with Crippen molar-refractivity contribution in [3.8, 4) is 0 Å². The Bertz CT molecular complexity index is 1540. The first-order valence-electron chi connectivity index (χ1n) is 9.00. The van der Waals surface area contributed by atoms with Crippen LogP contribution in [-0.2, 0) is 16.0 Å². The fraction of sp³-hybridized carbons (Fsp3) is 0.105. The van der Waals surface area contributed by atoms with Gasteiger partial charge in [0.25, 0.3) is 0 Å². The van der Waals surface area contributed by atoms with Crippen LogP contribution in [0.5, 0.6) is 0 Å². The summed E-state index contributed by atoms with van der Waals surface area (Å²) in [4.78, 5) is 6.07. The van der Waals surface area contributed by atoms with Crippen molar-refractivity contribution < 1.29 is 21.6 Å². The van der Waals surface area contributed by atoms with Gasteiger partial charge in [0.05, 0.1) is 25.7 Å². The van der Waals surface area contributed by atoms with Gasteiger partial charge in [-0.2, -0.15) is 17.7 Å². The number of aromatic nitrogens is 4. The zero-order chi connectivity index (χ0) is 22.7. The highest BCUT2D eigenvalue weighted by Crippen LogP contribution is 2.37. The molecule has 0 aliphatic carbocycles. The van der Waals surface area contributed by atoms with Crippen LogP contribution in [-0.4, -0.2) is 35.3 Å². The van der Waals surface area contributed by atoms with Crippen LogP contribution < -0.4 is 4.90 Å². The maximum absolute atomic E-state index is 13.2. The van der Waals surface area contributed by atoms with Crippen LogP contribution in [0.3, 0.4) is 0 Å². The predicted octanol–water partition coefficient (Wildman–Crippen LogP) is 5.02. The molecular formula is C19H12F3N5O2S3. The van der Waals surface area contributed by atoms with Gasteiger partial charge in [-0.1, -0.05) is 5.21 Å². The molecule has 0 aliphatic heterocycles. The largest absolute Gasteiger partial charge is 0.416 e. The molecule has 5 rings (SSSR count). The van der Waals surface area contributed by atoms with Crippen LogP contribution in [0, 0.1) is 0 Å². The molecule has 7 nitrogen and oxygen atoms in total. The van der Waals surface area contributed by atoms with E-state index < -0.39 is 26.6 Å². The predicted molar refractivity (Wildman–Crippen MR) is 115 cm³/mol. The fourth-order valence-corrected chi connectivity index (χ4v) is 6.04. The first-order valence-corrected chi connectivity index (χ1v) is 12.2. The monoisotopic (exact) mass is 495 g/mol. The lowest BCUT2D eigenvalue weighted by Crippen LogP contribution is -2.12. The summed E-state index contributed by atoms with van der Waals surface area (Å²) in [5.41, 5.74) is -0.323. The summed E-state index contributed by atoms with van der Waals surface area (Å²) in [6.45, 7) is 0. The lowest BCUT2D eigenvalue weighted by atomic mass is 10.2. The Labute approximate surface area is 187 Å². The highest BCUT2D eigenvalue weighted by atomic mass is 32.2. The summed E-state index contributed by atoms with van der Waals surface area (Å²) >= 11 is 2.92. The minimum Gasteiger partial charge on any atom is -0.320 e. The van der Waals surface area contributed by atoms with Crippen molar-refractivity contribution in [2.75, 3.05) is 11.9 Å². The van der Waals surface area contributed by atoms with Gasteiger partial charge in [0.1, 0.15) is 0 Å². The van der Waals surface area contributed by atoms with Crippen LogP contribution in [0.15, 0.2) is 63.1 Å². The molecule has 4 aromatic heterocycles. The number of nitrogens with zero attached hydrogens (tertiary/aromatic N) is 5. The third-order valence-corrected chi connectivity index (χ3v) is 8.32. The smallest absolute Gasteiger partial charge is 0.320 e. The molecule has 0 spiro atoms. The minimum atomic E-state index is -4.57. The van der Waals surface area contributed by atoms with Crippen molar-refractivity contribution in [1.82, 2.24) is 19.8 Å². The number of halogens is 3. The van der Waals surface area contributed by atoms with E-state index in [1.165, 1.54) is 27.2 Å². The van der Waals surface area contributed by atoms with Gasteiger partial charge in [-0.25, -0.2) is 13.4 Å². The van der Waals surface area contributed by atoms with Crippen molar-refractivity contribution in [2.45, 2.75) is 16.1 Å². The Morgan fingerprint density at radius 3 is 2.44 bits per heavy atom. The van der Waals surface area contributed by atoms with Crippen LogP contribution in [0.25, 0.3) is 15.9 Å². The van der Waals surface area contributed by atoms with Gasteiger partial charge in [-0.3, -0.25) is 0 Å². The van der Waals surface area contributed by atoms with Gasteiger partial charge >= 0.3 is 6.18 Å². The van der Waals surface area contributed by atoms with Crippen LogP contribution in [0.2, 0.25) is 0 Å². The maximum atomic E-state index is 13.2. The number of benzene rings is 1. The van der Waals surface area contributed by atoms with Gasteiger partial charge in [0.2, 0.25) is 14.9 Å². The van der Waals surface area contributed by atoms with Crippen LogP contribution >= 0.6 is 22.7 Å². The lowest BCUT2D eigenvalue weighted by Gasteiger charge is -2.17. The Hall–Kier alpha value is -3.03. The Morgan fingerprint density at radius 1 is 1.03 bits per heavy atom. The quantitative estimate of drug-likeness (QED) is 0.348. The molecule has 1 aromatic carbocycles. The summed E-state index contributed by atoms with van der Waals surface area (Å²) < 4.78 is 67.1. The minimum absolute atomic E-state index is 0.00537. The third kappa shape index (κ3) is 3.24. The van der Waals surface area contributed by atoms with E-state index in [0.717, 1.165) is 34.0 Å². The van der Waals surface area contributed by atoms with E-state index in [9.17, 15) is 21.6 Å². The number of hydrogen-bond acceptors (Lipinski definition) is 8. The summed E-state index contributed by atoms with van der Waals surface area (Å²) in [5, 5.41) is 12.0. The molecule has 0 bridgehead atoms. The average Bonchev–Trinajstić information content (AvgIpc) is 3.52. The Kier molecular flexibility index (Phi) is 4.72. The SMILES string of the molecule is CN(c1cccs1)c1nc2c(S(=O)(=O)c3ccc(C(F)(F)F)cc3)nnn2c2ccsc12. The van der Waals surface area contributed by atoms with Crippen molar-refractivity contribution >= 4 is 59.2 Å². The fourth-order valence-electron chi connectivity index (χ4n) is 3.21. The highest BCUT2D eigenvalue weighted by Gasteiger charge is 2.32. The summed E-state index contributed by atoms with van der Waals surface area (Å²) in [6, 6.07) is 8.84. The molecule has 0 unspecified atom stereocenters. The van der Waals surface area contributed by atoms with E-state index in [4.69, 9.17) is 0 Å². The van der Waals surface area contributed by atoms with Crippen molar-refractivity contribution in [3.63, 3.8) is 0 Å². The Balaban J connectivity index is 1.69. The zero-order valence-corrected chi connectivity index (χ0v) is 18.6. The maximum Gasteiger partial charge on any atom is 0.416 e. The molecule has 0 atom stereocenters. The number of sulfone groups is 1. The van der Waals surface area contributed by atoms with E-state index >= 15 is 0 Å². The summed E-state index contributed by atoms with van der Waals surface area (Å²) in [6.07, 6.45) is -4.57. The molecule has 0 saturated heterocycles. The van der Waals surface area contributed by atoms with Gasteiger partial charge in [-0.15, -0.1) is 27.8 Å². The molecule has 0 N–H and O–H groups in total. The molecule has 0 saturated carbocycles. The molecule has 32 heavy (non-hydrogen) atoms. The van der Waals surface area contributed by atoms with E-state index in [-0.39, 0.29) is 10.5 Å². The topological polar surface area (TPSA) is 80.5 Å².